The summed E-state index contributed by atoms with van der Waals surface area (Å²) in [5.74, 6) is 0.192. The molecule has 0 aromatic carbocycles. The molecule has 2 rings (SSSR count). The molecule has 1 amide bonds. The van der Waals surface area contributed by atoms with E-state index in [-0.39, 0.29) is 17.3 Å². The van der Waals surface area contributed by atoms with Crippen LogP contribution >= 0.6 is 0 Å². The lowest BCUT2D eigenvalue weighted by Gasteiger charge is -2.08. The smallest absolute Gasteiger partial charge is 0.269 e. The number of carbonyl (C=O) groups excluding carboxylic acids is 1. The van der Waals surface area contributed by atoms with Gasteiger partial charge >= 0.3 is 0 Å². The van der Waals surface area contributed by atoms with E-state index in [2.05, 4.69) is 15.1 Å². The molecule has 2 heterocycles. The van der Waals surface area contributed by atoms with Gasteiger partial charge in [0.15, 0.2) is 5.82 Å². The van der Waals surface area contributed by atoms with Crippen molar-refractivity contribution >= 4 is 11.7 Å². The number of nitrogen functional groups attached to an aromatic ring is 1. The topological polar surface area (TPSA) is 122 Å². The third-order valence-electron chi connectivity index (χ3n) is 2.08. The number of hydrogen-bond donors (Lipinski definition) is 2. The predicted molar refractivity (Wildman–Crippen MR) is 58.6 cm³/mol. The Kier molecular flexibility index (Phi) is 2.61. The molecule has 4 N–H and O–H groups in total. The Morgan fingerprint density at radius 2 is 2.24 bits per heavy atom. The number of nitrogens with two attached hydrogens (primary N) is 2. The van der Waals surface area contributed by atoms with Gasteiger partial charge in [-0.2, -0.15) is 5.10 Å². The lowest BCUT2D eigenvalue weighted by atomic mass is 10.4. The average Bonchev–Trinajstić information content (AvgIpc) is 2.77. The lowest BCUT2D eigenvalue weighted by Crippen LogP contribution is -2.13. The Balaban J connectivity index is 2.52. The highest BCUT2D eigenvalue weighted by molar-refractivity contribution is 5.90. The van der Waals surface area contributed by atoms with Gasteiger partial charge in [0.25, 0.3) is 5.91 Å². The Hall–Kier alpha value is -2.64. The third kappa shape index (κ3) is 1.87. The van der Waals surface area contributed by atoms with E-state index in [0.29, 0.717) is 5.82 Å². The second kappa shape index (κ2) is 4.08. The second-order valence-corrected chi connectivity index (χ2v) is 3.13. The van der Waals surface area contributed by atoms with Gasteiger partial charge in [-0.1, -0.05) is 0 Å². The molecule has 17 heavy (non-hydrogen) atoms. The third-order valence-corrected chi connectivity index (χ3v) is 2.08. The first-order valence-electron chi connectivity index (χ1n) is 4.63. The molecular formula is C9H10N6O2. The number of nitrogens with zero attached hydrogens (tertiary/aromatic N) is 4. The van der Waals surface area contributed by atoms with Crippen molar-refractivity contribution in [3.63, 3.8) is 0 Å². The van der Waals surface area contributed by atoms with Crippen molar-refractivity contribution in [2.75, 3.05) is 12.8 Å². The van der Waals surface area contributed by atoms with Crippen molar-refractivity contribution in [2.45, 2.75) is 0 Å². The minimum atomic E-state index is -0.621. The number of ether oxygens (including phenoxy) is 1. The van der Waals surface area contributed by atoms with E-state index in [1.54, 1.807) is 0 Å². The fourth-order valence-corrected chi connectivity index (χ4v) is 1.31. The van der Waals surface area contributed by atoms with Gasteiger partial charge in [0, 0.05) is 6.20 Å². The van der Waals surface area contributed by atoms with Crippen molar-refractivity contribution in [3.8, 4) is 11.6 Å². The molecule has 0 atom stereocenters. The minimum Gasteiger partial charge on any atom is -0.490 e. The molecule has 0 aliphatic heterocycles. The quantitative estimate of drug-likeness (QED) is 0.727. The largest absolute Gasteiger partial charge is 0.490 e. The van der Waals surface area contributed by atoms with E-state index in [9.17, 15) is 4.79 Å². The molecule has 0 bridgehead atoms. The van der Waals surface area contributed by atoms with Gasteiger partial charge in [-0.3, -0.25) is 4.79 Å². The Bertz CT molecular complexity index is 564. The van der Waals surface area contributed by atoms with Gasteiger partial charge in [-0.15, -0.1) is 0 Å². The molecule has 88 valence electrons. The Morgan fingerprint density at radius 1 is 1.47 bits per heavy atom. The summed E-state index contributed by atoms with van der Waals surface area (Å²) in [6.07, 6.45) is 2.81. The summed E-state index contributed by atoms with van der Waals surface area (Å²) in [5, 5.41) is 3.95. The molecule has 0 saturated carbocycles. The first kappa shape index (κ1) is 10.9. The number of aromatic nitrogens is 4. The van der Waals surface area contributed by atoms with Crippen LogP contribution in [0, 0.1) is 0 Å². The molecule has 0 aliphatic carbocycles. The zero-order chi connectivity index (χ0) is 12.4. The highest BCUT2D eigenvalue weighted by atomic mass is 16.5. The van der Waals surface area contributed by atoms with Gasteiger partial charge in [0.2, 0.25) is 11.6 Å². The Morgan fingerprint density at radius 3 is 2.82 bits per heavy atom. The standard InChI is InChI=1S/C9H10N6O2/c1-17-6-7(10)12-4-13-9(6)15-3-2-5(14-15)8(11)16/h2-4H,1H3,(H2,11,16)(H2,10,12,13). The van der Waals surface area contributed by atoms with Crippen LogP contribution in [0.2, 0.25) is 0 Å². The molecule has 0 radical (unpaired) electrons. The number of primary amides is 1. The summed E-state index contributed by atoms with van der Waals surface area (Å²) >= 11 is 0. The number of methoxy groups -OCH3 is 1. The maximum absolute atomic E-state index is 10.9. The monoisotopic (exact) mass is 234 g/mol. The predicted octanol–water partition coefficient (Wildman–Crippen LogP) is -0.648. The highest BCUT2D eigenvalue weighted by Gasteiger charge is 2.13. The van der Waals surface area contributed by atoms with Crippen molar-refractivity contribution in [1.29, 1.82) is 0 Å². The van der Waals surface area contributed by atoms with Crippen LogP contribution in [0.4, 0.5) is 5.82 Å². The first-order chi connectivity index (χ1) is 8.13. The van der Waals surface area contributed by atoms with Gasteiger partial charge in [0.05, 0.1) is 7.11 Å². The van der Waals surface area contributed by atoms with E-state index >= 15 is 0 Å². The van der Waals surface area contributed by atoms with Crippen molar-refractivity contribution in [3.05, 3.63) is 24.3 Å². The van der Waals surface area contributed by atoms with Crippen LogP contribution in [-0.4, -0.2) is 32.8 Å². The number of rotatable bonds is 3. The van der Waals surface area contributed by atoms with Crippen LogP contribution in [0.25, 0.3) is 5.82 Å². The molecule has 2 aromatic rings. The highest BCUT2D eigenvalue weighted by Crippen LogP contribution is 2.24. The summed E-state index contributed by atoms with van der Waals surface area (Å²) in [5.41, 5.74) is 10.9. The molecular weight excluding hydrogens is 224 g/mol. The molecule has 8 heteroatoms. The summed E-state index contributed by atoms with van der Waals surface area (Å²) in [6.45, 7) is 0. The van der Waals surface area contributed by atoms with Crippen LogP contribution in [-0.2, 0) is 0 Å². The van der Waals surface area contributed by atoms with Crippen LogP contribution in [0.3, 0.4) is 0 Å². The lowest BCUT2D eigenvalue weighted by molar-refractivity contribution is 0.0995. The van der Waals surface area contributed by atoms with Crippen molar-refractivity contribution < 1.29 is 9.53 Å². The van der Waals surface area contributed by atoms with Gasteiger partial charge in [-0.05, 0) is 6.07 Å². The zero-order valence-corrected chi connectivity index (χ0v) is 8.99. The van der Waals surface area contributed by atoms with E-state index in [4.69, 9.17) is 16.2 Å². The molecule has 2 aromatic heterocycles. The zero-order valence-electron chi connectivity index (χ0n) is 8.99. The molecule has 8 nitrogen and oxygen atoms in total. The molecule has 0 unspecified atom stereocenters. The maximum Gasteiger partial charge on any atom is 0.269 e. The van der Waals surface area contributed by atoms with Crippen LogP contribution in [0.1, 0.15) is 10.5 Å². The van der Waals surface area contributed by atoms with E-state index in [1.807, 2.05) is 0 Å². The minimum absolute atomic E-state index is 0.129. The van der Waals surface area contributed by atoms with Crippen molar-refractivity contribution in [2.24, 2.45) is 5.73 Å². The van der Waals surface area contributed by atoms with Crippen LogP contribution < -0.4 is 16.2 Å². The van der Waals surface area contributed by atoms with Crippen molar-refractivity contribution in [1.82, 2.24) is 19.7 Å². The summed E-state index contributed by atoms with van der Waals surface area (Å²) in [7, 11) is 1.44. The second-order valence-electron chi connectivity index (χ2n) is 3.13. The van der Waals surface area contributed by atoms with E-state index in [1.165, 1.54) is 30.4 Å². The van der Waals surface area contributed by atoms with Gasteiger partial charge in [0.1, 0.15) is 12.0 Å². The maximum atomic E-state index is 10.9. The fraction of sp³-hybridized carbons (Fsp3) is 0.111. The summed E-state index contributed by atoms with van der Waals surface area (Å²) < 4.78 is 6.42. The number of carbonyl (C=O) groups is 1. The number of hydrogen-bond acceptors (Lipinski definition) is 6. The number of amides is 1. The molecule has 0 saturated heterocycles. The van der Waals surface area contributed by atoms with E-state index < -0.39 is 5.91 Å². The molecule has 0 spiro atoms. The Labute approximate surface area is 96.2 Å². The number of anilines is 1. The van der Waals surface area contributed by atoms with Crippen LogP contribution in [0.5, 0.6) is 5.75 Å². The van der Waals surface area contributed by atoms with Crippen LogP contribution in [0.15, 0.2) is 18.6 Å². The average molecular weight is 234 g/mol. The fourth-order valence-electron chi connectivity index (χ4n) is 1.31. The first-order valence-corrected chi connectivity index (χ1v) is 4.63. The summed E-state index contributed by atoms with van der Waals surface area (Å²) in [6, 6.07) is 1.47. The summed E-state index contributed by atoms with van der Waals surface area (Å²) in [4.78, 5) is 18.7. The normalized spacial score (nSPS) is 10.2. The molecule has 0 aliphatic rings. The SMILES string of the molecule is COc1c(N)ncnc1-n1ccc(C(N)=O)n1. The van der Waals surface area contributed by atoms with E-state index in [0.717, 1.165) is 0 Å². The van der Waals surface area contributed by atoms with Gasteiger partial charge < -0.3 is 16.2 Å². The molecule has 0 fully saturated rings. The van der Waals surface area contributed by atoms with Gasteiger partial charge in [-0.25, -0.2) is 14.6 Å².